The molecule has 0 fully saturated rings. The second kappa shape index (κ2) is 7.11. The van der Waals surface area contributed by atoms with Crippen LogP contribution in [0.1, 0.15) is 31.7 Å². The maximum Gasteiger partial charge on any atom is 0.321 e. The molecule has 1 aliphatic heterocycles. The van der Waals surface area contributed by atoms with Crippen LogP contribution < -0.4 is 10.2 Å². The number of amides is 2. The minimum absolute atomic E-state index is 0.170. The second-order valence-corrected chi connectivity index (χ2v) is 5.37. The summed E-state index contributed by atoms with van der Waals surface area (Å²) in [6.45, 7) is 2.65. The number of hydrogen-bond donors (Lipinski definition) is 2. The first kappa shape index (κ1) is 15.4. The first-order valence-electron chi connectivity index (χ1n) is 7.49. The van der Waals surface area contributed by atoms with Crippen LogP contribution in [0.5, 0.6) is 0 Å². The van der Waals surface area contributed by atoms with Gasteiger partial charge in [-0.15, -0.1) is 0 Å². The highest BCUT2D eigenvalue weighted by Crippen LogP contribution is 2.26. The van der Waals surface area contributed by atoms with E-state index in [-0.39, 0.29) is 12.6 Å². The van der Waals surface area contributed by atoms with E-state index >= 15 is 0 Å². The SMILES string of the molecule is CCC(CNC(=O)N1CCCCc2ccccc21)C(=O)O. The standard InChI is InChI=1S/C16H22N2O3/c1-2-12(15(19)20)11-17-16(21)18-10-6-5-8-13-7-3-4-9-14(13)18/h3-4,7,9,12H,2,5-6,8,10-11H2,1H3,(H,17,21)(H,19,20). The zero-order chi connectivity index (χ0) is 15.2. The van der Waals surface area contributed by atoms with E-state index in [9.17, 15) is 9.59 Å². The molecule has 0 spiro atoms. The summed E-state index contributed by atoms with van der Waals surface area (Å²) in [5.74, 6) is -1.40. The lowest BCUT2D eigenvalue weighted by Crippen LogP contribution is -2.43. The topological polar surface area (TPSA) is 69.6 Å². The van der Waals surface area contributed by atoms with Crippen molar-refractivity contribution in [1.82, 2.24) is 5.32 Å². The van der Waals surface area contributed by atoms with Gasteiger partial charge in [-0.25, -0.2) is 4.79 Å². The third-order valence-electron chi connectivity index (χ3n) is 3.95. The fourth-order valence-corrected chi connectivity index (χ4v) is 2.61. The zero-order valence-corrected chi connectivity index (χ0v) is 12.3. The van der Waals surface area contributed by atoms with Crippen molar-refractivity contribution in [3.63, 3.8) is 0 Å². The Morgan fingerprint density at radius 3 is 2.81 bits per heavy atom. The highest BCUT2D eigenvalue weighted by molar-refractivity contribution is 5.93. The Kier molecular flexibility index (Phi) is 5.20. The van der Waals surface area contributed by atoms with Gasteiger partial charge in [0.2, 0.25) is 0 Å². The molecule has 5 heteroatoms. The molecule has 114 valence electrons. The highest BCUT2D eigenvalue weighted by Gasteiger charge is 2.22. The monoisotopic (exact) mass is 290 g/mol. The normalized spacial score (nSPS) is 15.8. The molecule has 2 N–H and O–H groups in total. The van der Waals surface area contributed by atoms with Crippen LogP contribution in [-0.2, 0) is 11.2 Å². The molecule has 1 aromatic carbocycles. The zero-order valence-electron chi connectivity index (χ0n) is 12.3. The number of urea groups is 1. The van der Waals surface area contributed by atoms with Gasteiger partial charge in [0.25, 0.3) is 0 Å². The average Bonchev–Trinajstić information content (AvgIpc) is 2.69. The summed E-state index contributed by atoms with van der Waals surface area (Å²) in [6, 6.07) is 7.71. The van der Waals surface area contributed by atoms with E-state index in [0.29, 0.717) is 13.0 Å². The van der Waals surface area contributed by atoms with Crippen LogP contribution in [0.15, 0.2) is 24.3 Å². The van der Waals surface area contributed by atoms with Gasteiger partial charge in [-0.3, -0.25) is 9.69 Å². The molecule has 2 amide bonds. The molecule has 1 unspecified atom stereocenters. The average molecular weight is 290 g/mol. The van der Waals surface area contributed by atoms with Crippen molar-refractivity contribution < 1.29 is 14.7 Å². The van der Waals surface area contributed by atoms with E-state index in [2.05, 4.69) is 5.32 Å². The predicted octanol–water partition coefficient (Wildman–Crippen LogP) is 2.65. The van der Waals surface area contributed by atoms with Gasteiger partial charge in [-0.05, 0) is 37.3 Å². The van der Waals surface area contributed by atoms with E-state index < -0.39 is 11.9 Å². The smallest absolute Gasteiger partial charge is 0.321 e. The number of para-hydroxylation sites is 1. The number of benzene rings is 1. The van der Waals surface area contributed by atoms with Crippen molar-refractivity contribution in [2.75, 3.05) is 18.0 Å². The number of aryl methyl sites for hydroxylation is 1. The van der Waals surface area contributed by atoms with E-state index in [1.54, 1.807) is 4.90 Å². The molecule has 1 aromatic rings. The molecule has 1 aliphatic rings. The third-order valence-corrected chi connectivity index (χ3v) is 3.95. The molecule has 0 bridgehead atoms. The fourth-order valence-electron chi connectivity index (χ4n) is 2.61. The van der Waals surface area contributed by atoms with Gasteiger partial charge >= 0.3 is 12.0 Å². The molecule has 1 atom stereocenters. The van der Waals surface area contributed by atoms with Gasteiger partial charge in [-0.2, -0.15) is 0 Å². The van der Waals surface area contributed by atoms with Crippen molar-refractivity contribution in [3.8, 4) is 0 Å². The summed E-state index contributed by atoms with van der Waals surface area (Å²) < 4.78 is 0. The number of carbonyl (C=O) groups excluding carboxylic acids is 1. The van der Waals surface area contributed by atoms with E-state index in [4.69, 9.17) is 5.11 Å². The molecule has 0 radical (unpaired) electrons. The Labute approximate surface area is 125 Å². The summed E-state index contributed by atoms with van der Waals surface area (Å²) in [5, 5.41) is 11.8. The van der Waals surface area contributed by atoms with Crippen LogP contribution in [0.4, 0.5) is 10.5 Å². The van der Waals surface area contributed by atoms with Crippen LogP contribution in [-0.4, -0.2) is 30.2 Å². The highest BCUT2D eigenvalue weighted by atomic mass is 16.4. The minimum atomic E-state index is -0.867. The summed E-state index contributed by atoms with van der Waals surface area (Å²) in [4.78, 5) is 25.1. The van der Waals surface area contributed by atoms with E-state index in [0.717, 1.165) is 24.9 Å². The molecule has 21 heavy (non-hydrogen) atoms. The molecule has 0 aliphatic carbocycles. The van der Waals surface area contributed by atoms with Crippen molar-refractivity contribution in [3.05, 3.63) is 29.8 Å². The van der Waals surface area contributed by atoms with Gasteiger partial charge < -0.3 is 10.4 Å². The number of anilines is 1. The largest absolute Gasteiger partial charge is 0.481 e. The Bertz CT molecular complexity index is 516. The molecule has 0 aromatic heterocycles. The first-order chi connectivity index (χ1) is 10.1. The number of rotatable bonds is 4. The van der Waals surface area contributed by atoms with Crippen molar-refractivity contribution >= 4 is 17.7 Å². The molecule has 2 rings (SSSR count). The van der Waals surface area contributed by atoms with Crippen LogP contribution in [0.2, 0.25) is 0 Å². The number of nitrogens with zero attached hydrogens (tertiary/aromatic N) is 1. The fraction of sp³-hybridized carbons (Fsp3) is 0.500. The third kappa shape index (κ3) is 3.74. The minimum Gasteiger partial charge on any atom is -0.481 e. The first-order valence-corrected chi connectivity index (χ1v) is 7.49. The lowest BCUT2D eigenvalue weighted by Gasteiger charge is -2.24. The number of aliphatic carboxylic acids is 1. The number of carboxylic acid groups (broad SMARTS) is 1. The van der Waals surface area contributed by atoms with Gasteiger partial charge in [0.05, 0.1) is 5.92 Å². The molecule has 5 nitrogen and oxygen atoms in total. The Hall–Kier alpha value is -2.04. The molecule has 1 heterocycles. The lowest BCUT2D eigenvalue weighted by atomic mass is 10.1. The number of carbonyl (C=O) groups is 2. The number of fused-ring (bicyclic) bond motifs is 1. The number of hydrogen-bond acceptors (Lipinski definition) is 2. The van der Waals surface area contributed by atoms with Crippen LogP contribution in [0.25, 0.3) is 0 Å². The summed E-state index contributed by atoms with van der Waals surface area (Å²) >= 11 is 0. The summed E-state index contributed by atoms with van der Waals surface area (Å²) in [6.07, 6.45) is 3.50. The number of carboxylic acids is 1. The van der Waals surface area contributed by atoms with E-state index in [1.165, 1.54) is 5.56 Å². The second-order valence-electron chi connectivity index (χ2n) is 5.37. The van der Waals surface area contributed by atoms with Gasteiger partial charge in [0, 0.05) is 18.8 Å². The Morgan fingerprint density at radius 2 is 2.10 bits per heavy atom. The van der Waals surface area contributed by atoms with E-state index in [1.807, 2.05) is 31.2 Å². The Balaban J connectivity index is 2.07. The molecule has 0 saturated carbocycles. The van der Waals surface area contributed by atoms with Gasteiger partial charge in [0.1, 0.15) is 0 Å². The predicted molar refractivity (Wildman–Crippen MR) is 81.5 cm³/mol. The van der Waals surface area contributed by atoms with Gasteiger partial charge in [-0.1, -0.05) is 25.1 Å². The van der Waals surface area contributed by atoms with Crippen LogP contribution >= 0.6 is 0 Å². The van der Waals surface area contributed by atoms with Crippen LogP contribution in [0, 0.1) is 5.92 Å². The van der Waals surface area contributed by atoms with Crippen molar-refractivity contribution in [2.24, 2.45) is 5.92 Å². The van der Waals surface area contributed by atoms with Crippen LogP contribution in [0.3, 0.4) is 0 Å². The summed E-state index contributed by atoms with van der Waals surface area (Å²) in [7, 11) is 0. The molecular weight excluding hydrogens is 268 g/mol. The summed E-state index contributed by atoms with van der Waals surface area (Å²) in [5.41, 5.74) is 2.12. The Morgan fingerprint density at radius 1 is 1.33 bits per heavy atom. The molecule has 0 saturated heterocycles. The maximum absolute atomic E-state index is 12.4. The van der Waals surface area contributed by atoms with Crippen molar-refractivity contribution in [1.29, 1.82) is 0 Å². The van der Waals surface area contributed by atoms with Crippen molar-refractivity contribution in [2.45, 2.75) is 32.6 Å². The quantitative estimate of drug-likeness (QED) is 0.895. The van der Waals surface area contributed by atoms with Gasteiger partial charge in [0.15, 0.2) is 0 Å². The maximum atomic E-state index is 12.4. The number of nitrogens with one attached hydrogen (secondary N) is 1. The molecular formula is C16H22N2O3. The lowest BCUT2D eigenvalue weighted by molar-refractivity contribution is -0.141.